The molecule has 6 heteroatoms. The number of carbonyl (C=O) groups is 2. The lowest BCUT2D eigenvalue weighted by atomic mass is 10.1. The molecule has 26 heavy (non-hydrogen) atoms. The fraction of sp³-hybridized carbons (Fsp3) is 0.600. The van der Waals surface area contributed by atoms with Crippen LogP contribution in [0.2, 0.25) is 0 Å². The smallest absolute Gasteiger partial charge is 0.228 e. The van der Waals surface area contributed by atoms with E-state index in [1.54, 1.807) is 0 Å². The third-order valence-electron chi connectivity index (χ3n) is 5.36. The van der Waals surface area contributed by atoms with Gasteiger partial charge in [0.05, 0.1) is 25.0 Å². The van der Waals surface area contributed by atoms with Crippen molar-refractivity contribution < 1.29 is 14.3 Å². The maximum atomic E-state index is 12.5. The molecule has 2 amide bonds. The van der Waals surface area contributed by atoms with Crippen LogP contribution in [0, 0.1) is 18.8 Å². The number of hydrogen-bond donors (Lipinski definition) is 1. The monoisotopic (exact) mass is 359 g/mol. The number of aryl methyl sites for hydroxylation is 1. The van der Waals surface area contributed by atoms with E-state index in [1.807, 2.05) is 24.0 Å². The molecular formula is C20H29N3O3. The van der Waals surface area contributed by atoms with Gasteiger partial charge in [0.2, 0.25) is 11.8 Å². The zero-order valence-corrected chi connectivity index (χ0v) is 16.0. The van der Waals surface area contributed by atoms with Gasteiger partial charge in [-0.1, -0.05) is 0 Å². The predicted octanol–water partition coefficient (Wildman–Crippen LogP) is 2.27. The van der Waals surface area contributed by atoms with E-state index >= 15 is 0 Å². The van der Waals surface area contributed by atoms with Crippen LogP contribution < -0.4 is 10.2 Å². The van der Waals surface area contributed by atoms with Gasteiger partial charge < -0.3 is 19.9 Å². The summed E-state index contributed by atoms with van der Waals surface area (Å²) in [5.74, 6) is -0.312. The standard InChI is InChI=1S/C20H29N3O3/c1-4-22(5-2)15-6-7-18(14(3)12-15)21-19(24)16-13-17(16)20(25)23-8-10-26-11-9-23/h6-7,12,16-17H,4-5,8-11,13H2,1-3H3,(H,21,24). The first-order valence-electron chi connectivity index (χ1n) is 9.58. The minimum atomic E-state index is -0.202. The number of ether oxygens (including phenoxy) is 1. The predicted molar refractivity (Wildman–Crippen MR) is 102 cm³/mol. The van der Waals surface area contributed by atoms with Crippen molar-refractivity contribution in [3.63, 3.8) is 0 Å². The van der Waals surface area contributed by atoms with Gasteiger partial charge >= 0.3 is 0 Å². The van der Waals surface area contributed by atoms with Crippen LogP contribution in [0.15, 0.2) is 18.2 Å². The highest BCUT2D eigenvalue weighted by molar-refractivity contribution is 6.00. The normalized spacial score (nSPS) is 22.0. The van der Waals surface area contributed by atoms with Crippen molar-refractivity contribution >= 4 is 23.2 Å². The average Bonchev–Trinajstić information content (AvgIpc) is 3.46. The molecular weight excluding hydrogens is 330 g/mol. The summed E-state index contributed by atoms with van der Waals surface area (Å²) < 4.78 is 5.28. The summed E-state index contributed by atoms with van der Waals surface area (Å²) in [6.45, 7) is 10.6. The van der Waals surface area contributed by atoms with Crippen LogP contribution >= 0.6 is 0 Å². The fourth-order valence-electron chi connectivity index (χ4n) is 3.57. The van der Waals surface area contributed by atoms with E-state index in [0.29, 0.717) is 32.7 Å². The summed E-state index contributed by atoms with van der Waals surface area (Å²) in [5, 5.41) is 3.01. The van der Waals surface area contributed by atoms with E-state index in [-0.39, 0.29) is 23.7 Å². The van der Waals surface area contributed by atoms with Gasteiger partial charge in [-0.15, -0.1) is 0 Å². The zero-order valence-electron chi connectivity index (χ0n) is 16.0. The Morgan fingerprint density at radius 1 is 1.19 bits per heavy atom. The van der Waals surface area contributed by atoms with Gasteiger partial charge in [-0.05, 0) is 51.0 Å². The number of rotatable bonds is 6. The lowest BCUT2D eigenvalue weighted by Crippen LogP contribution is -2.42. The van der Waals surface area contributed by atoms with Crippen molar-refractivity contribution in [2.45, 2.75) is 27.2 Å². The topological polar surface area (TPSA) is 61.9 Å². The molecule has 2 aliphatic rings. The number of benzene rings is 1. The molecule has 0 aromatic heterocycles. The highest BCUT2D eigenvalue weighted by Gasteiger charge is 2.49. The van der Waals surface area contributed by atoms with Crippen LogP contribution in [0.3, 0.4) is 0 Å². The molecule has 1 aliphatic carbocycles. The van der Waals surface area contributed by atoms with E-state index < -0.39 is 0 Å². The molecule has 2 unspecified atom stereocenters. The molecule has 1 aliphatic heterocycles. The first-order valence-corrected chi connectivity index (χ1v) is 9.58. The molecule has 1 aromatic rings. The zero-order chi connectivity index (χ0) is 18.7. The van der Waals surface area contributed by atoms with Crippen molar-refractivity contribution in [1.82, 2.24) is 4.90 Å². The Morgan fingerprint density at radius 2 is 1.88 bits per heavy atom. The summed E-state index contributed by atoms with van der Waals surface area (Å²) in [4.78, 5) is 29.1. The highest BCUT2D eigenvalue weighted by Crippen LogP contribution is 2.41. The Balaban J connectivity index is 1.58. The average molecular weight is 359 g/mol. The summed E-state index contributed by atoms with van der Waals surface area (Å²) in [7, 11) is 0. The van der Waals surface area contributed by atoms with Crippen LogP contribution in [0.1, 0.15) is 25.8 Å². The maximum absolute atomic E-state index is 12.5. The van der Waals surface area contributed by atoms with Crippen molar-refractivity contribution in [3.8, 4) is 0 Å². The molecule has 142 valence electrons. The third-order valence-corrected chi connectivity index (χ3v) is 5.36. The van der Waals surface area contributed by atoms with Gasteiger partial charge in [0.25, 0.3) is 0 Å². The van der Waals surface area contributed by atoms with Crippen LogP contribution in [0.25, 0.3) is 0 Å². The Kier molecular flexibility index (Phi) is 5.81. The maximum Gasteiger partial charge on any atom is 0.228 e. The number of amides is 2. The van der Waals surface area contributed by atoms with Gasteiger partial charge in [-0.3, -0.25) is 9.59 Å². The second-order valence-electron chi connectivity index (χ2n) is 7.05. The first-order chi connectivity index (χ1) is 12.5. The number of morpholine rings is 1. The molecule has 1 saturated carbocycles. The molecule has 6 nitrogen and oxygen atoms in total. The molecule has 0 spiro atoms. The minimum Gasteiger partial charge on any atom is -0.378 e. The Labute approximate surface area is 155 Å². The second-order valence-corrected chi connectivity index (χ2v) is 7.05. The molecule has 1 aromatic carbocycles. The quantitative estimate of drug-likeness (QED) is 0.846. The van der Waals surface area contributed by atoms with Crippen molar-refractivity contribution in [2.75, 3.05) is 49.6 Å². The lowest BCUT2D eigenvalue weighted by molar-refractivity contribution is -0.137. The molecule has 1 N–H and O–H groups in total. The summed E-state index contributed by atoms with van der Waals surface area (Å²) in [6, 6.07) is 6.10. The van der Waals surface area contributed by atoms with E-state index in [4.69, 9.17) is 4.74 Å². The first kappa shape index (κ1) is 18.7. The van der Waals surface area contributed by atoms with Gasteiger partial charge in [0.1, 0.15) is 0 Å². The molecule has 0 radical (unpaired) electrons. The van der Waals surface area contributed by atoms with Crippen LogP contribution in [0.4, 0.5) is 11.4 Å². The van der Waals surface area contributed by atoms with Crippen molar-refractivity contribution in [1.29, 1.82) is 0 Å². The fourth-order valence-corrected chi connectivity index (χ4v) is 3.57. The largest absolute Gasteiger partial charge is 0.378 e. The molecule has 1 saturated heterocycles. The van der Waals surface area contributed by atoms with Gasteiger partial charge in [0.15, 0.2) is 0 Å². The molecule has 2 atom stereocenters. The van der Waals surface area contributed by atoms with E-state index in [2.05, 4.69) is 30.1 Å². The van der Waals surface area contributed by atoms with Gasteiger partial charge in [-0.25, -0.2) is 0 Å². The molecule has 2 fully saturated rings. The third kappa shape index (κ3) is 4.01. The SMILES string of the molecule is CCN(CC)c1ccc(NC(=O)C2CC2C(=O)N2CCOCC2)c(C)c1. The minimum absolute atomic E-state index is 0.0460. The number of nitrogens with one attached hydrogen (secondary N) is 1. The van der Waals surface area contributed by atoms with Crippen LogP contribution in [-0.2, 0) is 14.3 Å². The van der Waals surface area contributed by atoms with E-state index in [0.717, 1.165) is 30.0 Å². The molecule has 3 rings (SSSR count). The number of carbonyl (C=O) groups excluding carboxylic acids is 2. The van der Waals surface area contributed by atoms with Crippen LogP contribution in [-0.4, -0.2) is 56.1 Å². The van der Waals surface area contributed by atoms with Crippen molar-refractivity contribution in [3.05, 3.63) is 23.8 Å². The number of anilines is 2. The van der Waals surface area contributed by atoms with E-state index in [9.17, 15) is 9.59 Å². The number of hydrogen-bond acceptors (Lipinski definition) is 4. The Hall–Kier alpha value is -2.08. The lowest BCUT2D eigenvalue weighted by Gasteiger charge is -2.27. The van der Waals surface area contributed by atoms with E-state index in [1.165, 1.54) is 0 Å². The van der Waals surface area contributed by atoms with Gasteiger partial charge in [0, 0.05) is 37.6 Å². The molecule has 1 heterocycles. The highest BCUT2D eigenvalue weighted by atomic mass is 16.5. The summed E-state index contributed by atoms with van der Waals surface area (Å²) in [6.07, 6.45) is 0.651. The number of nitrogens with zero attached hydrogens (tertiary/aromatic N) is 2. The Bertz CT molecular complexity index is 666. The van der Waals surface area contributed by atoms with Crippen LogP contribution in [0.5, 0.6) is 0 Å². The Morgan fingerprint density at radius 3 is 2.50 bits per heavy atom. The van der Waals surface area contributed by atoms with Crippen molar-refractivity contribution in [2.24, 2.45) is 11.8 Å². The second kappa shape index (κ2) is 8.08. The summed E-state index contributed by atoms with van der Waals surface area (Å²) >= 11 is 0. The van der Waals surface area contributed by atoms with Gasteiger partial charge in [-0.2, -0.15) is 0 Å². The molecule has 0 bridgehead atoms. The summed E-state index contributed by atoms with van der Waals surface area (Å²) in [5.41, 5.74) is 3.03.